The number of nitriles is 1. The van der Waals surface area contributed by atoms with Crippen LogP contribution in [-0.2, 0) is 4.79 Å². The summed E-state index contributed by atoms with van der Waals surface area (Å²) in [6.07, 6.45) is 9.00. The van der Waals surface area contributed by atoms with Gasteiger partial charge in [-0.15, -0.1) is 0 Å². The second kappa shape index (κ2) is 5.68. The standard InChI is InChI=1S/C22H32N2O/c1-13-9-15-10-14(2)22(4,24-12-25)18-6-5-17-20(19(15)18)16(13)7-8-21(17,3)11-23/h13-20H,5-10H2,1-4H3/t13-,14+,15-,16+,17-,18-,19+,20+,21+,22+/m0/s1. The SMILES string of the molecule is C[C@@H]1C[C@@H]2C[C@H](C)[C@H]3CC[C@](C)(C#N)[C@H]4CC[C@@H]([C@@H]2[C@H]34)[C@]1(C)N=C=O. The molecule has 0 spiro atoms. The van der Waals surface area contributed by atoms with E-state index in [1.54, 1.807) is 0 Å². The molecular weight excluding hydrogens is 308 g/mol. The fourth-order valence-electron chi connectivity index (χ4n) is 7.99. The minimum absolute atomic E-state index is 0.152. The minimum atomic E-state index is -0.250. The number of carbonyl (C=O) groups excluding carboxylic acids is 1. The third-order valence-electron chi connectivity index (χ3n) is 9.37. The van der Waals surface area contributed by atoms with Gasteiger partial charge >= 0.3 is 0 Å². The second-order valence-corrected chi connectivity index (χ2v) is 10.2. The predicted octanol–water partition coefficient (Wildman–Crippen LogP) is 4.98. The van der Waals surface area contributed by atoms with Crippen LogP contribution in [0.3, 0.4) is 0 Å². The lowest BCUT2D eigenvalue weighted by atomic mass is 9.39. The van der Waals surface area contributed by atoms with Crippen LogP contribution in [0.15, 0.2) is 4.99 Å². The number of rotatable bonds is 1. The van der Waals surface area contributed by atoms with Crippen molar-refractivity contribution < 1.29 is 4.79 Å². The zero-order chi connectivity index (χ0) is 18.0. The van der Waals surface area contributed by atoms with E-state index in [0.29, 0.717) is 29.6 Å². The van der Waals surface area contributed by atoms with E-state index < -0.39 is 0 Å². The van der Waals surface area contributed by atoms with Crippen molar-refractivity contribution in [2.45, 2.75) is 71.8 Å². The van der Waals surface area contributed by atoms with Crippen LogP contribution < -0.4 is 0 Å². The smallest absolute Gasteiger partial charge is 0.211 e. The van der Waals surface area contributed by atoms with Gasteiger partial charge in [0.05, 0.1) is 17.0 Å². The zero-order valence-corrected chi connectivity index (χ0v) is 16.2. The van der Waals surface area contributed by atoms with E-state index >= 15 is 0 Å². The van der Waals surface area contributed by atoms with E-state index in [1.165, 1.54) is 19.3 Å². The molecule has 0 amide bonds. The monoisotopic (exact) mass is 340 g/mol. The van der Waals surface area contributed by atoms with E-state index in [-0.39, 0.29) is 11.0 Å². The summed E-state index contributed by atoms with van der Waals surface area (Å²) in [4.78, 5) is 15.6. The van der Waals surface area contributed by atoms with Crippen LogP contribution in [0.25, 0.3) is 0 Å². The van der Waals surface area contributed by atoms with Crippen LogP contribution in [-0.4, -0.2) is 11.6 Å². The lowest BCUT2D eigenvalue weighted by Gasteiger charge is -2.65. The second-order valence-electron chi connectivity index (χ2n) is 10.2. The maximum absolute atomic E-state index is 11.2. The molecule has 4 fully saturated rings. The Labute approximate surface area is 152 Å². The maximum atomic E-state index is 11.2. The minimum Gasteiger partial charge on any atom is -0.211 e. The molecule has 0 N–H and O–H groups in total. The molecular formula is C22H32N2O. The summed E-state index contributed by atoms with van der Waals surface area (Å²) < 4.78 is 0. The van der Waals surface area contributed by atoms with Gasteiger partial charge in [-0.1, -0.05) is 13.8 Å². The van der Waals surface area contributed by atoms with Crippen LogP contribution in [0.1, 0.15) is 66.2 Å². The molecule has 4 aliphatic carbocycles. The van der Waals surface area contributed by atoms with Crippen molar-refractivity contribution in [2.24, 2.45) is 57.8 Å². The fourth-order valence-corrected chi connectivity index (χ4v) is 7.99. The quantitative estimate of drug-likeness (QED) is 0.499. The normalized spacial score (nSPS) is 56.9. The lowest BCUT2D eigenvalue weighted by molar-refractivity contribution is -0.155. The number of nitrogens with zero attached hydrogens (tertiary/aromatic N) is 2. The Hall–Kier alpha value is -1.13. The molecule has 4 aliphatic rings. The maximum Gasteiger partial charge on any atom is 0.235 e. The van der Waals surface area contributed by atoms with E-state index in [0.717, 1.165) is 37.0 Å². The van der Waals surface area contributed by atoms with Gasteiger partial charge < -0.3 is 0 Å². The molecule has 0 saturated heterocycles. The average Bonchev–Trinajstić information content (AvgIpc) is 2.59. The Morgan fingerprint density at radius 3 is 2.44 bits per heavy atom. The van der Waals surface area contributed by atoms with Crippen molar-refractivity contribution in [1.29, 1.82) is 5.26 Å². The Balaban J connectivity index is 1.79. The van der Waals surface area contributed by atoms with Crippen molar-refractivity contribution >= 4 is 6.08 Å². The number of hydrogen-bond donors (Lipinski definition) is 0. The van der Waals surface area contributed by atoms with Gasteiger partial charge in [0, 0.05) is 0 Å². The molecule has 4 saturated carbocycles. The zero-order valence-electron chi connectivity index (χ0n) is 16.2. The lowest BCUT2D eigenvalue weighted by Crippen LogP contribution is -2.62. The topological polar surface area (TPSA) is 53.2 Å². The summed E-state index contributed by atoms with van der Waals surface area (Å²) in [6.45, 7) is 9.18. The highest BCUT2D eigenvalue weighted by molar-refractivity contribution is 5.36. The van der Waals surface area contributed by atoms with Gasteiger partial charge in [0.15, 0.2) is 0 Å². The van der Waals surface area contributed by atoms with Gasteiger partial charge in [-0.3, -0.25) is 0 Å². The first-order chi connectivity index (χ1) is 11.9. The average molecular weight is 341 g/mol. The number of aliphatic imine (C=N–C) groups is 1. The predicted molar refractivity (Wildman–Crippen MR) is 97.2 cm³/mol. The van der Waals surface area contributed by atoms with Crippen LogP contribution in [0, 0.1) is 64.1 Å². The molecule has 0 heterocycles. The summed E-state index contributed by atoms with van der Waals surface area (Å²) in [7, 11) is 0. The van der Waals surface area contributed by atoms with Gasteiger partial charge in [0.1, 0.15) is 0 Å². The van der Waals surface area contributed by atoms with E-state index in [4.69, 9.17) is 0 Å². The van der Waals surface area contributed by atoms with Crippen molar-refractivity contribution in [2.75, 3.05) is 0 Å². The third-order valence-corrected chi connectivity index (χ3v) is 9.37. The van der Waals surface area contributed by atoms with Crippen LogP contribution in [0.4, 0.5) is 0 Å². The molecule has 10 atom stereocenters. The van der Waals surface area contributed by atoms with Crippen molar-refractivity contribution in [3.63, 3.8) is 0 Å². The highest BCUT2D eigenvalue weighted by Crippen LogP contribution is 2.67. The number of isocyanates is 1. The Morgan fingerprint density at radius 1 is 1.04 bits per heavy atom. The van der Waals surface area contributed by atoms with Gasteiger partial charge in [0.2, 0.25) is 6.08 Å². The van der Waals surface area contributed by atoms with E-state index in [2.05, 4.69) is 38.8 Å². The highest BCUT2D eigenvalue weighted by Gasteiger charge is 2.63. The van der Waals surface area contributed by atoms with Gasteiger partial charge in [-0.05, 0) is 99.7 Å². The molecule has 136 valence electrons. The summed E-state index contributed by atoms with van der Waals surface area (Å²) in [5, 5.41) is 9.93. The summed E-state index contributed by atoms with van der Waals surface area (Å²) in [6, 6.07) is 2.72. The van der Waals surface area contributed by atoms with Crippen molar-refractivity contribution in [3.8, 4) is 6.07 Å². The van der Waals surface area contributed by atoms with Gasteiger partial charge in [-0.2, -0.15) is 10.3 Å². The molecule has 0 aromatic heterocycles. The van der Waals surface area contributed by atoms with Crippen molar-refractivity contribution in [3.05, 3.63) is 0 Å². The molecule has 0 aromatic carbocycles. The van der Waals surface area contributed by atoms with Crippen molar-refractivity contribution in [1.82, 2.24) is 0 Å². The Morgan fingerprint density at radius 2 is 1.76 bits per heavy atom. The number of hydrogen-bond acceptors (Lipinski definition) is 3. The van der Waals surface area contributed by atoms with E-state index in [1.807, 2.05) is 6.08 Å². The summed E-state index contributed by atoms with van der Waals surface area (Å²) >= 11 is 0. The van der Waals surface area contributed by atoms with Gasteiger partial charge in [-0.25, -0.2) is 4.79 Å². The first-order valence-corrected chi connectivity index (χ1v) is 10.4. The third kappa shape index (κ3) is 2.23. The van der Waals surface area contributed by atoms with E-state index in [9.17, 15) is 10.1 Å². The molecule has 4 rings (SSSR count). The molecule has 0 aliphatic heterocycles. The van der Waals surface area contributed by atoms with Crippen LogP contribution in [0.5, 0.6) is 0 Å². The van der Waals surface area contributed by atoms with Crippen LogP contribution in [0.2, 0.25) is 0 Å². The molecule has 0 aromatic rings. The largest absolute Gasteiger partial charge is 0.235 e. The highest BCUT2D eigenvalue weighted by atomic mass is 16.1. The fraction of sp³-hybridized carbons (Fsp3) is 0.909. The first kappa shape index (κ1) is 17.3. The molecule has 0 unspecified atom stereocenters. The summed E-state index contributed by atoms with van der Waals surface area (Å²) in [5.41, 5.74) is -0.402. The Kier molecular flexibility index (Phi) is 3.93. The molecule has 3 heteroatoms. The summed E-state index contributed by atoms with van der Waals surface area (Å²) in [5.74, 6) is 5.13. The molecule has 0 radical (unpaired) electrons. The van der Waals surface area contributed by atoms with Gasteiger partial charge in [0.25, 0.3) is 0 Å². The molecule has 3 nitrogen and oxygen atoms in total. The first-order valence-electron chi connectivity index (χ1n) is 10.4. The molecule has 25 heavy (non-hydrogen) atoms. The van der Waals surface area contributed by atoms with Crippen LogP contribution >= 0.6 is 0 Å². The Bertz CT molecular complexity index is 647. The molecule has 0 bridgehead atoms.